The number of allylic oxidation sites excluding steroid dienone is 1. The van der Waals surface area contributed by atoms with Crippen LogP contribution in [0.25, 0.3) is 6.08 Å². The van der Waals surface area contributed by atoms with Gasteiger partial charge in [0.05, 0.1) is 38.4 Å². The monoisotopic (exact) mass is 1170 g/mol. The van der Waals surface area contributed by atoms with E-state index >= 15 is 0 Å². The number of fused-ring (bicyclic) bond motifs is 2. The minimum atomic E-state index is -1.03. The van der Waals surface area contributed by atoms with Crippen LogP contribution in [0.15, 0.2) is 95.1 Å². The van der Waals surface area contributed by atoms with Crippen LogP contribution in [0.3, 0.4) is 0 Å². The number of benzene rings is 2. The topological polar surface area (TPSA) is 170 Å². The number of hydrogen-bond donors (Lipinski definition) is 0. The Kier molecular flexibility index (Phi) is 33.1. The molecule has 14 nitrogen and oxygen atoms in total. The highest BCUT2D eigenvalue weighted by Gasteiger charge is 2.59. The van der Waals surface area contributed by atoms with Gasteiger partial charge in [0.25, 0.3) is 0 Å². The highest BCUT2D eigenvalue weighted by Crippen LogP contribution is 2.56. The molecule has 0 amide bonds. The summed E-state index contributed by atoms with van der Waals surface area (Å²) in [6.07, 6.45) is 27.3. The van der Waals surface area contributed by atoms with Crippen LogP contribution >= 0.6 is 47.0 Å². The van der Waals surface area contributed by atoms with Crippen molar-refractivity contribution in [2.75, 3.05) is 73.7 Å². The Hall–Kier alpha value is -5.04. The van der Waals surface area contributed by atoms with Crippen LogP contribution in [0.5, 0.6) is 11.5 Å². The van der Waals surface area contributed by atoms with E-state index < -0.39 is 23.1 Å². The molecule has 4 rings (SSSR count). The summed E-state index contributed by atoms with van der Waals surface area (Å²) in [6, 6.07) is 13.6. The first-order chi connectivity index (χ1) is 38.4. The van der Waals surface area contributed by atoms with Gasteiger partial charge in [0, 0.05) is 54.8 Å². The summed E-state index contributed by atoms with van der Waals surface area (Å²) in [6.45, 7) is 7.41. The zero-order valence-electron chi connectivity index (χ0n) is 46.8. The molecular formula is C61H83NO13S4. The van der Waals surface area contributed by atoms with Gasteiger partial charge in [-0.05, 0) is 160 Å². The molecule has 1 spiro atoms. The first kappa shape index (κ1) is 66.5. The van der Waals surface area contributed by atoms with E-state index in [1.54, 1.807) is 65.2 Å². The Morgan fingerprint density at radius 2 is 1.05 bits per heavy atom. The SMILES string of the molecule is C/C=C/C(=O)OCCCOC(=O)/C=C\SCCCCCCS/C=C/C(=O)OCCCCCC(=O)OCCN1c2ccccc2C(C)(C)C12C=Cc1cccc(OC(=O)CCCCCOC(=O)/C=C/SCCCCCCSC)c1O2. The van der Waals surface area contributed by atoms with Gasteiger partial charge < -0.3 is 38.1 Å². The van der Waals surface area contributed by atoms with Crippen LogP contribution in [0.1, 0.15) is 141 Å². The Morgan fingerprint density at radius 1 is 0.544 bits per heavy atom. The maximum Gasteiger partial charge on any atom is 0.331 e. The van der Waals surface area contributed by atoms with Gasteiger partial charge in [-0.15, -0.1) is 35.3 Å². The average Bonchev–Trinajstić information content (AvgIpc) is 3.48. The van der Waals surface area contributed by atoms with Crippen molar-refractivity contribution in [3.8, 4) is 11.5 Å². The number of unbranched alkanes of at least 4 members (excludes halogenated alkanes) is 10. The smallest absolute Gasteiger partial charge is 0.331 e. The van der Waals surface area contributed by atoms with Crippen molar-refractivity contribution in [1.29, 1.82) is 0 Å². The fraction of sp³-hybridized carbons (Fsp3) is 0.541. The lowest BCUT2D eigenvalue weighted by Crippen LogP contribution is -2.60. The second kappa shape index (κ2) is 39.4. The Morgan fingerprint density at radius 3 is 1.61 bits per heavy atom. The maximum absolute atomic E-state index is 13.2. The van der Waals surface area contributed by atoms with Gasteiger partial charge >= 0.3 is 35.8 Å². The molecule has 434 valence electrons. The molecule has 2 heterocycles. The van der Waals surface area contributed by atoms with Crippen molar-refractivity contribution in [1.82, 2.24) is 0 Å². The third-order valence-corrected chi connectivity index (χ3v) is 16.1. The number of ether oxygens (including phenoxy) is 7. The van der Waals surface area contributed by atoms with Crippen molar-refractivity contribution in [3.63, 3.8) is 0 Å². The minimum absolute atomic E-state index is 0.127. The molecule has 18 heteroatoms. The molecule has 79 heavy (non-hydrogen) atoms. The normalized spacial score (nSPS) is 15.2. The quantitative estimate of drug-likeness (QED) is 0.0202. The van der Waals surface area contributed by atoms with E-state index in [1.807, 2.05) is 59.7 Å². The molecule has 1 unspecified atom stereocenters. The fourth-order valence-electron chi connectivity index (χ4n) is 8.66. The van der Waals surface area contributed by atoms with Gasteiger partial charge in [-0.3, -0.25) is 9.59 Å². The number of thioether (sulfide) groups is 4. The van der Waals surface area contributed by atoms with E-state index in [9.17, 15) is 28.8 Å². The fourth-order valence-corrected chi connectivity index (χ4v) is 11.3. The number of para-hydroxylation sites is 2. The second-order valence-corrected chi connectivity index (χ2v) is 23.3. The number of esters is 6. The first-order valence-corrected chi connectivity index (χ1v) is 32.3. The van der Waals surface area contributed by atoms with E-state index in [-0.39, 0.29) is 63.1 Å². The Balaban J connectivity index is 1.07. The van der Waals surface area contributed by atoms with E-state index in [0.29, 0.717) is 69.6 Å². The summed E-state index contributed by atoms with van der Waals surface area (Å²) in [7, 11) is 0. The van der Waals surface area contributed by atoms with Gasteiger partial charge in [0.15, 0.2) is 11.5 Å². The zero-order chi connectivity index (χ0) is 56.8. The van der Waals surface area contributed by atoms with Crippen molar-refractivity contribution >= 4 is 94.6 Å². The molecule has 2 aromatic rings. The maximum atomic E-state index is 13.2. The molecule has 0 bridgehead atoms. The summed E-state index contributed by atoms with van der Waals surface area (Å²) in [5.41, 5.74) is 1.21. The number of hydrogen-bond acceptors (Lipinski definition) is 18. The predicted molar refractivity (Wildman–Crippen MR) is 323 cm³/mol. The van der Waals surface area contributed by atoms with Crippen LogP contribution in [-0.2, 0) is 57.9 Å². The molecule has 0 saturated carbocycles. The minimum Gasteiger partial charge on any atom is -0.464 e. The van der Waals surface area contributed by atoms with Crippen LogP contribution in [0.2, 0.25) is 0 Å². The average molecular weight is 1170 g/mol. The van der Waals surface area contributed by atoms with Crippen molar-refractivity contribution in [3.05, 3.63) is 106 Å². The van der Waals surface area contributed by atoms with Gasteiger partial charge in [-0.25, -0.2) is 19.2 Å². The predicted octanol–water partition coefficient (Wildman–Crippen LogP) is 13.5. The summed E-state index contributed by atoms with van der Waals surface area (Å²) in [4.78, 5) is 75.6. The van der Waals surface area contributed by atoms with E-state index in [2.05, 4.69) is 31.1 Å². The second-order valence-electron chi connectivity index (χ2n) is 19.3. The first-order valence-electron chi connectivity index (χ1n) is 27.8. The number of carbonyl (C=O) groups is 6. The lowest BCUT2D eigenvalue weighted by molar-refractivity contribution is -0.144. The number of anilines is 1. The molecule has 0 radical (unpaired) electrons. The van der Waals surface area contributed by atoms with Crippen LogP contribution < -0.4 is 14.4 Å². The Labute approximate surface area is 486 Å². The molecule has 1 atom stereocenters. The molecule has 2 aliphatic rings. The molecule has 0 aliphatic carbocycles. The summed E-state index contributed by atoms with van der Waals surface area (Å²) < 4.78 is 39.5. The largest absolute Gasteiger partial charge is 0.464 e. The molecule has 0 fully saturated rings. The summed E-state index contributed by atoms with van der Waals surface area (Å²) in [5.74, 6) is 2.56. The van der Waals surface area contributed by atoms with E-state index in [4.69, 9.17) is 33.2 Å². The number of rotatable bonds is 41. The van der Waals surface area contributed by atoms with Crippen molar-refractivity contribution in [2.24, 2.45) is 0 Å². The number of carbonyl (C=O) groups excluding carboxylic acids is 6. The van der Waals surface area contributed by atoms with Gasteiger partial charge in [-0.1, -0.05) is 62.1 Å². The lowest BCUT2D eigenvalue weighted by atomic mass is 9.76. The molecular weight excluding hydrogens is 1080 g/mol. The van der Waals surface area contributed by atoms with Gasteiger partial charge in [0.2, 0.25) is 5.72 Å². The van der Waals surface area contributed by atoms with E-state index in [1.165, 1.54) is 49.3 Å². The molecule has 2 aliphatic heterocycles. The summed E-state index contributed by atoms with van der Waals surface area (Å²) in [5, 5.41) is 5.33. The van der Waals surface area contributed by atoms with Crippen molar-refractivity contribution in [2.45, 2.75) is 141 Å². The number of nitrogens with zero attached hydrogens (tertiary/aromatic N) is 1. The van der Waals surface area contributed by atoms with Gasteiger partial charge in [-0.2, -0.15) is 11.8 Å². The standard InChI is InChI=1S/C61H83NO13S4/c1-5-24-53(63)71-39-23-40-72-57(67)34-48-79-45-21-9-8-20-44-78-47-33-55(65)69-37-16-10-12-29-54(64)73-41-36-62-51-27-15-14-26-50(51)60(2,3)61(62)35-31-49-25-22-28-52(59(49)75-61)74-58(68)30-13-11-17-38-70-56(66)32-46-77-43-19-7-6-18-42-76-4/h5,14-15,22,24-28,31-35,46-48H,6-13,16-21,23,29-30,36-45H2,1-4H3/b24-5+,46-32+,47-33+,48-34-. The molecule has 2 aromatic carbocycles. The van der Waals surface area contributed by atoms with Crippen LogP contribution in [0, 0.1) is 0 Å². The van der Waals surface area contributed by atoms with E-state index in [0.717, 1.165) is 66.2 Å². The highest BCUT2D eigenvalue weighted by molar-refractivity contribution is 8.02. The Bertz CT molecular complexity index is 2350. The third-order valence-electron chi connectivity index (χ3n) is 12.9. The molecule has 0 aromatic heterocycles. The highest BCUT2D eigenvalue weighted by atomic mass is 32.2. The third kappa shape index (κ3) is 25.1. The molecule has 0 saturated heterocycles. The van der Waals surface area contributed by atoms with Crippen molar-refractivity contribution < 1.29 is 61.9 Å². The van der Waals surface area contributed by atoms with Gasteiger partial charge in [0.1, 0.15) is 6.61 Å². The summed E-state index contributed by atoms with van der Waals surface area (Å²) >= 11 is 6.66. The lowest BCUT2D eigenvalue weighted by Gasteiger charge is -2.47. The van der Waals surface area contributed by atoms with Crippen LogP contribution in [-0.4, -0.2) is 110 Å². The van der Waals surface area contributed by atoms with Crippen LogP contribution in [0.4, 0.5) is 5.69 Å². The molecule has 0 N–H and O–H groups in total. The zero-order valence-corrected chi connectivity index (χ0v) is 50.1.